The molecule has 1 aromatic heterocycles. The number of benzene rings is 1. The van der Waals surface area contributed by atoms with Crippen molar-refractivity contribution in [1.82, 2.24) is 5.16 Å². The van der Waals surface area contributed by atoms with E-state index in [0.29, 0.717) is 21.4 Å². The topological polar surface area (TPSA) is 81.4 Å². The van der Waals surface area contributed by atoms with E-state index in [-0.39, 0.29) is 5.82 Å². The van der Waals surface area contributed by atoms with Crippen LogP contribution in [0.1, 0.15) is 18.2 Å². The van der Waals surface area contributed by atoms with Gasteiger partial charge in [-0.3, -0.25) is 4.79 Å². The van der Waals surface area contributed by atoms with E-state index < -0.39 is 18.0 Å². The highest BCUT2D eigenvalue weighted by Crippen LogP contribution is 2.23. The Morgan fingerprint density at radius 1 is 1.29 bits per heavy atom. The molecule has 1 aromatic carbocycles. The normalized spacial score (nSPS) is 12.2. The molecule has 1 heterocycles. The van der Waals surface area contributed by atoms with Crippen molar-refractivity contribution in [3.63, 3.8) is 0 Å². The molecular weight excluding hydrogens is 355 g/mol. The predicted octanol–water partition coefficient (Wildman–Crippen LogP) is 3.87. The number of hydrogen-bond donors (Lipinski definition) is 1. The minimum absolute atomic E-state index is 0.256. The molecule has 0 aliphatic carbocycles. The van der Waals surface area contributed by atoms with E-state index >= 15 is 0 Å². The monoisotopic (exact) mass is 368 g/mol. The molecule has 0 bridgehead atoms. The third-order valence-corrected chi connectivity index (χ3v) is 3.64. The molecule has 1 amide bonds. The Morgan fingerprint density at radius 3 is 2.67 bits per heavy atom. The Bertz CT molecular complexity index is 786. The summed E-state index contributed by atoms with van der Waals surface area (Å²) >= 11 is 11.7. The van der Waals surface area contributed by atoms with E-state index in [1.165, 1.54) is 19.1 Å². The van der Waals surface area contributed by atoms with Crippen molar-refractivity contribution in [3.8, 4) is 0 Å². The van der Waals surface area contributed by atoms with E-state index in [0.717, 1.165) is 0 Å². The Morgan fingerprint density at radius 2 is 2.04 bits per heavy atom. The number of aromatic nitrogens is 1. The number of amides is 1. The minimum atomic E-state index is -0.993. The van der Waals surface area contributed by atoms with E-state index in [2.05, 4.69) is 10.5 Å². The average Bonchev–Trinajstić information content (AvgIpc) is 2.93. The van der Waals surface area contributed by atoms with Crippen molar-refractivity contribution in [2.45, 2.75) is 20.0 Å². The van der Waals surface area contributed by atoms with Gasteiger partial charge in [0.2, 0.25) is 0 Å². The van der Waals surface area contributed by atoms with Crippen molar-refractivity contribution in [2.75, 3.05) is 5.32 Å². The first kappa shape index (κ1) is 18.0. The number of aryl methyl sites for hydroxylation is 1. The number of esters is 1. The maximum absolute atomic E-state index is 11.9. The summed E-state index contributed by atoms with van der Waals surface area (Å²) in [6.45, 7) is 3.15. The zero-order valence-corrected chi connectivity index (χ0v) is 14.4. The van der Waals surface area contributed by atoms with Crippen LogP contribution in [-0.2, 0) is 14.3 Å². The van der Waals surface area contributed by atoms with Crippen molar-refractivity contribution in [1.29, 1.82) is 0 Å². The lowest BCUT2D eigenvalue weighted by molar-refractivity contribution is -0.148. The highest BCUT2D eigenvalue weighted by atomic mass is 35.5. The Labute approximate surface area is 148 Å². The van der Waals surface area contributed by atoms with Crippen LogP contribution in [0.2, 0.25) is 10.0 Å². The van der Waals surface area contributed by atoms with Crippen LogP contribution in [0.15, 0.2) is 34.9 Å². The summed E-state index contributed by atoms with van der Waals surface area (Å²) < 4.78 is 9.84. The summed E-state index contributed by atoms with van der Waals surface area (Å²) in [7, 11) is 0. The summed E-state index contributed by atoms with van der Waals surface area (Å²) in [5.74, 6) is -0.370. The van der Waals surface area contributed by atoms with E-state index in [1.54, 1.807) is 31.2 Å². The third kappa shape index (κ3) is 5.11. The van der Waals surface area contributed by atoms with Crippen LogP contribution in [0.3, 0.4) is 0 Å². The minimum Gasteiger partial charge on any atom is -0.449 e. The molecule has 2 rings (SSSR count). The van der Waals surface area contributed by atoms with Gasteiger partial charge in [0.15, 0.2) is 11.9 Å². The average molecular weight is 369 g/mol. The number of rotatable bonds is 5. The molecule has 0 aliphatic rings. The van der Waals surface area contributed by atoms with Crippen LogP contribution in [0.4, 0.5) is 5.82 Å². The lowest BCUT2D eigenvalue weighted by Crippen LogP contribution is -2.29. The van der Waals surface area contributed by atoms with Gasteiger partial charge in [-0.25, -0.2) is 4.79 Å². The van der Waals surface area contributed by atoms with Crippen LogP contribution in [0, 0.1) is 6.92 Å². The van der Waals surface area contributed by atoms with Crippen LogP contribution in [0.25, 0.3) is 6.08 Å². The lowest BCUT2D eigenvalue weighted by Gasteiger charge is -2.10. The number of carbonyl (C=O) groups is 2. The molecule has 0 saturated heterocycles. The van der Waals surface area contributed by atoms with Crippen molar-refractivity contribution < 1.29 is 18.8 Å². The molecule has 126 valence electrons. The molecule has 1 atom stereocenters. The summed E-state index contributed by atoms with van der Waals surface area (Å²) in [5, 5.41) is 6.90. The summed E-state index contributed by atoms with van der Waals surface area (Å²) in [5.41, 5.74) is 0.677. The van der Waals surface area contributed by atoms with Gasteiger partial charge in [-0.05, 0) is 37.6 Å². The largest absolute Gasteiger partial charge is 0.449 e. The van der Waals surface area contributed by atoms with Crippen LogP contribution < -0.4 is 5.32 Å². The quantitative estimate of drug-likeness (QED) is 0.639. The molecule has 0 saturated carbocycles. The standard InChI is InChI=1S/C16H14Cl2N2O4/c1-9-7-14(20-24-9)19-16(22)10(2)23-15(21)6-4-11-3-5-12(17)13(18)8-11/h3-8,10H,1-2H3,(H,19,20,22)/b6-4+/t10-/m1/s1. The predicted molar refractivity (Wildman–Crippen MR) is 90.9 cm³/mol. The first-order valence-corrected chi connectivity index (χ1v) is 7.68. The number of nitrogens with zero attached hydrogens (tertiary/aromatic N) is 1. The highest BCUT2D eigenvalue weighted by molar-refractivity contribution is 6.42. The number of anilines is 1. The van der Waals surface area contributed by atoms with Gasteiger partial charge in [-0.2, -0.15) is 0 Å². The molecule has 0 unspecified atom stereocenters. The second kappa shape index (κ2) is 7.99. The van der Waals surface area contributed by atoms with Crippen molar-refractivity contribution in [2.24, 2.45) is 0 Å². The van der Waals surface area contributed by atoms with Gasteiger partial charge in [-0.15, -0.1) is 0 Å². The van der Waals surface area contributed by atoms with Gasteiger partial charge in [0, 0.05) is 12.1 Å². The maximum atomic E-state index is 11.9. The molecule has 24 heavy (non-hydrogen) atoms. The van der Waals surface area contributed by atoms with Gasteiger partial charge in [0.1, 0.15) is 5.76 Å². The lowest BCUT2D eigenvalue weighted by atomic mass is 10.2. The number of hydrogen-bond acceptors (Lipinski definition) is 5. The van der Waals surface area contributed by atoms with Crippen LogP contribution >= 0.6 is 23.2 Å². The van der Waals surface area contributed by atoms with Gasteiger partial charge >= 0.3 is 5.97 Å². The second-order valence-electron chi connectivity index (χ2n) is 4.90. The molecular formula is C16H14Cl2N2O4. The molecule has 0 spiro atoms. The molecule has 0 fully saturated rings. The number of ether oxygens (including phenoxy) is 1. The molecule has 1 N–H and O–H groups in total. The SMILES string of the molecule is Cc1cc(NC(=O)[C@@H](C)OC(=O)/C=C/c2ccc(Cl)c(Cl)c2)no1. The summed E-state index contributed by atoms with van der Waals surface area (Å²) in [6.07, 6.45) is 1.72. The van der Waals surface area contributed by atoms with E-state index in [1.807, 2.05) is 0 Å². The fraction of sp³-hybridized carbons (Fsp3) is 0.188. The molecule has 8 heteroatoms. The maximum Gasteiger partial charge on any atom is 0.331 e. The van der Waals surface area contributed by atoms with Gasteiger partial charge < -0.3 is 14.6 Å². The Balaban J connectivity index is 1.89. The van der Waals surface area contributed by atoms with Gasteiger partial charge in [0.25, 0.3) is 5.91 Å². The third-order valence-electron chi connectivity index (χ3n) is 2.90. The second-order valence-corrected chi connectivity index (χ2v) is 5.71. The highest BCUT2D eigenvalue weighted by Gasteiger charge is 2.17. The number of halogens is 2. The number of carbonyl (C=O) groups excluding carboxylic acids is 2. The fourth-order valence-electron chi connectivity index (χ4n) is 1.70. The summed E-state index contributed by atoms with van der Waals surface area (Å²) in [4.78, 5) is 23.6. The van der Waals surface area contributed by atoms with Crippen molar-refractivity contribution in [3.05, 3.63) is 51.7 Å². The molecule has 6 nitrogen and oxygen atoms in total. The van der Waals surface area contributed by atoms with Crippen molar-refractivity contribution >= 4 is 47.0 Å². The zero-order valence-electron chi connectivity index (χ0n) is 12.9. The Kier molecular flexibility index (Phi) is 6.00. The number of nitrogens with one attached hydrogen (secondary N) is 1. The Hall–Kier alpha value is -2.31. The van der Waals surface area contributed by atoms with E-state index in [4.69, 9.17) is 32.5 Å². The van der Waals surface area contributed by atoms with E-state index in [9.17, 15) is 9.59 Å². The smallest absolute Gasteiger partial charge is 0.331 e. The molecule has 0 aliphatic heterocycles. The fourth-order valence-corrected chi connectivity index (χ4v) is 2.01. The first-order chi connectivity index (χ1) is 11.3. The molecule has 0 radical (unpaired) electrons. The molecule has 2 aromatic rings. The van der Waals surface area contributed by atoms with Crippen LogP contribution in [-0.4, -0.2) is 23.1 Å². The van der Waals surface area contributed by atoms with Crippen LogP contribution in [0.5, 0.6) is 0 Å². The zero-order chi connectivity index (χ0) is 17.7. The van der Waals surface area contributed by atoms with Gasteiger partial charge in [-0.1, -0.05) is 34.4 Å². The van der Waals surface area contributed by atoms with Gasteiger partial charge in [0.05, 0.1) is 10.0 Å². The first-order valence-electron chi connectivity index (χ1n) is 6.93. The summed E-state index contributed by atoms with van der Waals surface area (Å²) in [6, 6.07) is 6.47.